The van der Waals surface area contributed by atoms with Crippen LogP contribution in [0.25, 0.3) is 0 Å². The van der Waals surface area contributed by atoms with Gasteiger partial charge in [-0.05, 0) is 41.7 Å². The van der Waals surface area contributed by atoms with Gasteiger partial charge in [-0.25, -0.2) is 0 Å². The van der Waals surface area contributed by atoms with E-state index in [9.17, 15) is 4.79 Å². The van der Waals surface area contributed by atoms with Crippen LogP contribution >= 0.6 is 0 Å². The van der Waals surface area contributed by atoms with Gasteiger partial charge in [-0.3, -0.25) is 9.69 Å². The Morgan fingerprint density at radius 3 is 2.62 bits per heavy atom. The summed E-state index contributed by atoms with van der Waals surface area (Å²) in [6, 6.07) is 14.1. The first-order valence-corrected chi connectivity index (χ1v) is 9.34. The molecule has 1 saturated heterocycles. The molecule has 1 N–H and O–H groups in total. The highest BCUT2D eigenvalue weighted by Gasteiger charge is 2.15. The monoisotopic (exact) mass is 352 g/mol. The third-order valence-electron chi connectivity index (χ3n) is 4.86. The number of morpholine rings is 1. The summed E-state index contributed by atoms with van der Waals surface area (Å²) < 4.78 is 5.40. The molecular weight excluding hydrogens is 324 g/mol. The van der Waals surface area contributed by atoms with Crippen molar-refractivity contribution in [3.8, 4) is 0 Å². The van der Waals surface area contributed by atoms with E-state index in [4.69, 9.17) is 4.74 Å². The summed E-state index contributed by atoms with van der Waals surface area (Å²) in [5.41, 5.74) is 5.06. The maximum Gasteiger partial charge on any atom is 0.255 e. The number of nitrogens with zero attached hydrogens (tertiary/aromatic N) is 1. The van der Waals surface area contributed by atoms with Gasteiger partial charge in [0.2, 0.25) is 0 Å². The van der Waals surface area contributed by atoms with Crippen molar-refractivity contribution >= 4 is 11.6 Å². The normalized spacial score (nSPS) is 15.2. The number of carbonyl (C=O) groups is 1. The van der Waals surface area contributed by atoms with Crippen LogP contribution < -0.4 is 5.32 Å². The van der Waals surface area contributed by atoms with Crippen LogP contribution in [0.4, 0.5) is 5.69 Å². The molecule has 0 aromatic heterocycles. The lowest BCUT2D eigenvalue weighted by molar-refractivity contribution is 0.0342. The van der Waals surface area contributed by atoms with Crippen LogP contribution in [0.15, 0.2) is 42.5 Å². The number of anilines is 1. The molecule has 1 fully saturated rings. The molecule has 26 heavy (non-hydrogen) atoms. The van der Waals surface area contributed by atoms with Crippen LogP contribution in [-0.4, -0.2) is 37.1 Å². The third kappa shape index (κ3) is 4.51. The Morgan fingerprint density at radius 2 is 1.88 bits per heavy atom. The number of hydrogen-bond donors (Lipinski definition) is 1. The van der Waals surface area contributed by atoms with Gasteiger partial charge in [-0.15, -0.1) is 0 Å². The van der Waals surface area contributed by atoms with E-state index in [1.165, 1.54) is 5.56 Å². The second-order valence-electron chi connectivity index (χ2n) is 7.24. The van der Waals surface area contributed by atoms with E-state index >= 15 is 0 Å². The summed E-state index contributed by atoms with van der Waals surface area (Å²) in [7, 11) is 0. The lowest BCUT2D eigenvalue weighted by Gasteiger charge is -2.26. The van der Waals surface area contributed by atoms with E-state index in [1.807, 2.05) is 37.3 Å². The van der Waals surface area contributed by atoms with E-state index in [0.717, 1.165) is 49.7 Å². The molecule has 2 aromatic carbocycles. The van der Waals surface area contributed by atoms with Crippen LogP contribution in [-0.2, 0) is 11.3 Å². The molecule has 4 nitrogen and oxygen atoms in total. The minimum absolute atomic E-state index is 0.0509. The van der Waals surface area contributed by atoms with Crippen molar-refractivity contribution in [2.45, 2.75) is 33.2 Å². The number of amides is 1. The van der Waals surface area contributed by atoms with E-state index < -0.39 is 0 Å². The van der Waals surface area contributed by atoms with Crippen LogP contribution in [0.3, 0.4) is 0 Å². The van der Waals surface area contributed by atoms with Gasteiger partial charge in [0.25, 0.3) is 5.91 Å². The maximum absolute atomic E-state index is 12.8. The van der Waals surface area contributed by atoms with Crippen LogP contribution in [0.1, 0.15) is 46.8 Å². The minimum Gasteiger partial charge on any atom is -0.379 e. The Labute approximate surface area is 156 Å². The first-order valence-electron chi connectivity index (χ1n) is 9.34. The molecule has 0 atom stereocenters. The van der Waals surface area contributed by atoms with E-state index in [-0.39, 0.29) is 5.91 Å². The molecule has 2 aromatic rings. The SMILES string of the molecule is Cc1cccc(C(C)C)c1NC(=O)c1cccc(CN2CCOCC2)c1. The summed E-state index contributed by atoms with van der Waals surface area (Å²) in [5.74, 6) is 0.308. The Morgan fingerprint density at radius 1 is 1.15 bits per heavy atom. The molecule has 4 heteroatoms. The number of aryl methyl sites for hydroxylation is 1. The molecule has 0 unspecified atom stereocenters. The van der Waals surface area contributed by atoms with Crippen molar-refractivity contribution in [1.82, 2.24) is 4.90 Å². The Balaban J connectivity index is 1.75. The minimum atomic E-state index is -0.0509. The van der Waals surface area contributed by atoms with E-state index in [2.05, 4.69) is 36.2 Å². The fraction of sp³-hybridized carbons (Fsp3) is 0.409. The van der Waals surface area contributed by atoms with Gasteiger partial charge in [0.15, 0.2) is 0 Å². The van der Waals surface area contributed by atoms with Crippen LogP contribution in [0.5, 0.6) is 0 Å². The van der Waals surface area contributed by atoms with Crippen molar-refractivity contribution in [2.24, 2.45) is 0 Å². The standard InChI is InChI=1S/C22H28N2O2/c1-16(2)20-9-4-6-17(3)21(20)23-22(25)19-8-5-7-18(14-19)15-24-10-12-26-13-11-24/h4-9,14,16H,10-13,15H2,1-3H3,(H,23,25). The van der Waals surface area contributed by atoms with Gasteiger partial charge >= 0.3 is 0 Å². The van der Waals surface area contributed by atoms with Gasteiger partial charge < -0.3 is 10.1 Å². The maximum atomic E-state index is 12.8. The molecule has 1 heterocycles. The summed E-state index contributed by atoms with van der Waals surface area (Å²) in [6.45, 7) is 10.6. The van der Waals surface area contributed by atoms with Crippen molar-refractivity contribution < 1.29 is 9.53 Å². The zero-order valence-electron chi connectivity index (χ0n) is 15.9. The highest BCUT2D eigenvalue weighted by molar-refractivity contribution is 6.05. The summed E-state index contributed by atoms with van der Waals surface area (Å²) >= 11 is 0. The fourth-order valence-corrected chi connectivity index (χ4v) is 3.36. The van der Waals surface area contributed by atoms with Crippen molar-refractivity contribution in [3.05, 3.63) is 64.7 Å². The Kier molecular flexibility index (Phi) is 6.07. The summed E-state index contributed by atoms with van der Waals surface area (Å²) in [5, 5.41) is 3.13. The molecular formula is C22H28N2O2. The molecule has 138 valence electrons. The summed E-state index contributed by atoms with van der Waals surface area (Å²) in [4.78, 5) is 15.2. The number of benzene rings is 2. The lowest BCUT2D eigenvalue weighted by Crippen LogP contribution is -2.35. The van der Waals surface area contributed by atoms with Crippen molar-refractivity contribution in [1.29, 1.82) is 0 Å². The van der Waals surface area contributed by atoms with Gasteiger partial charge in [-0.2, -0.15) is 0 Å². The van der Waals surface area contributed by atoms with Crippen molar-refractivity contribution in [3.63, 3.8) is 0 Å². The zero-order chi connectivity index (χ0) is 18.5. The van der Waals surface area contributed by atoms with Crippen LogP contribution in [0, 0.1) is 6.92 Å². The molecule has 1 aliphatic rings. The molecule has 0 bridgehead atoms. The quantitative estimate of drug-likeness (QED) is 0.877. The second-order valence-corrected chi connectivity index (χ2v) is 7.24. The van der Waals surface area contributed by atoms with Gasteiger partial charge in [0.05, 0.1) is 13.2 Å². The predicted octanol–water partition coefficient (Wildman–Crippen LogP) is 4.20. The number of para-hydroxylation sites is 1. The molecule has 1 aliphatic heterocycles. The number of nitrogens with one attached hydrogen (secondary N) is 1. The number of ether oxygens (including phenoxy) is 1. The highest BCUT2D eigenvalue weighted by Crippen LogP contribution is 2.28. The number of hydrogen-bond acceptors (Lipinski definition) is 3. The average molecular weight is 352 g/mol. The Bertz CT molecular complexity index is 764. The molecule has 0 radical (unpaired) electrons. The van der Waals surface area contributed by atoms with E-state index in [0.29, 0.717) is 11.5 Å². The topological polar surface area (TPSA) is 41.6 Å². The van der Waals surface area contributed by atoms with E-state index in [1.54, 1.807) is 0 Å². The predicted molar refractivity (Wildman–Crippen MR) is 106 cm³/mol. The smallest absolute Gasteiger partial charge is 0.255 e. The molecule has 0 saturated carbocycles. The van der Waals surface area contributed by atoms with Gasteiger partial charge in [-0.1, -0.05) is 44.2 Å². The zero-order valence-corrected chi connectivity index (χ0v) is 15.9. The number of carbonyl (C=O) groups excluding carboxylic acids is 1. The third-order valence-corrected chi connectivity index (χ3v) is 4.86. The molecule has 1 amide bonds. The highest BCUT2D eigenvalue weighted by atomic mass is 16.5. The fourth-order valence-electron chi connectivity index (χ4n) is 3.36. The molecule has 0 spiro atoms. The largest absolute Gasteiger partial charge is 0.379 e. The Hall–Kier alpha value is -2.17. The average Bonchev–Trinajstić information content (AvgIpc) is 2.64. The van der Waals surface area contributed by atoms with Crippen LogP contribution in [0.2, 0.25) is 0 Å². The first-order chi connectivity index (χ1) is 12.5. The van der Waals surface area contributed by atoms with Gasteiger partial charge in [0.1, 0.15) is 0 Å². The first kappa shape index (κ1) is 18.6. The number of rotatable bonds is 5. The second kappa shape index (κ2) is 8.47. The molecule has 3 rings (SSSR count). The molecule has 0 aliphatic carbocycles. The summed E-state index contributed by atoms with van der Waals surface area (Å²) in [6.07, 6.45) is 0. The van der Waals surface area contributed by atoms with Gasteiger partial charge in [0, 0.05) is 30.9 Å². The lowest BCUT2D eigenvalue weighted by atomic mass is 9.98. The van der Waals surface area contributed by atoms with Crippen molar-refractivity contribution in [2.75, 3.05) is 31.6 Å².